The molecule has 0 unspecified atom stereocenters. The van der Waals surface area contributed by atoms with Crippen LogP contribution in [0.3, 0.4) is 0 Å². The molecule has 3 aromatic rings. The predicted molar refractivity (Wildman–Crippen MR) is 149 cm³/mol. The Morgan fingerprint density at radius 1 is 1.00 bits per heavy atom. The van der Waals surface area contributed by atoms with E-state index in [-0.39, 0.29) is 45.1 Å². The Labute approximate surface area is 237 Å². The molecule has 2 amide bonds. The number of non-ortho nitro benzene ring substituents is 1. The molecule has 0 aliphatic rings. The number of rotatable bonds is 10. The highest BCUT2D eigenvalue weighted by molar-refractivity contribution is 6.42. The number of nitro groups is 1. The Hall–Kier alpha value is -4.30. The monoisotopic (exact) mass is 588 g/mol. The van der Waals surface area contributed by atoms with Gasteiger partial charge >= 0.3 is 0 Å². The van der Waals surface area contributed by atoms with E-state index >= 15 is 0 Å². The number of nitriles is 1. The number of benzene rings is 3. The van der Waals surface area contributed by atoms with E-state index in [2.05, 4.69) is 10.6 Å². The number of amides is 2. The van der Waals surface area contributed by atoms with Gasteiger partial charge in [-0.2, -0.15) is 5.26 Å². The fourth-order valence-corrected chi connectivity index (χ4v) is 3.77. The summed E-state index contributed by atoms with van der Waals surface area (Å²) in [7, 11) is 0. The fraction of sp³-hybridized carbons (Fsp3) is 0.115. The number of hydrogen-bond donors (Lipinski definition) is 2. The lowest BCUT2D eigenvalue weighted by Gasteiger charge is -2.15. The van der Waals surface area contributed by atoms with Crippen molar-refractivity contribution in [3.05, 3.63) is 90.9 Å². The number of nitro benzene ring substituents is 1. The lowest BCUT2D eigenvalue weighted by atomic mass is 10.1. The first-order valence-electron chi connectivity index (χ1n) is 11.1. The Kier molecular flexibility index (Phi) is 10.1. The van der Waals surface area contributed by atoms with Crippen LogP contribution < -0.4 is 20.1 Å². The molecule has 0 saturated carbocycles. The molecule has 0 aromatic heterocycles. The summed E-state index contributed by atoms with van der Waals surface area (Å²) in [5.41, 5.74) is 0.384. The molecule has 2 N–H and O–H groups in total. The number of carbonyl (C=O) groups is 2. The van der Waals surface area contributed by atoms with Gasteiger partial charge in [-0.1, -0.05) is 40.9 Å². The van der Waals surface area contributed by atoms with Crippen molar-refractivity contribution in [3.63, 3.8) is 0 Å². The van der Waals surface area contributed by atoms with Crippen LogP contribution in [0, 0.1) is 21.4 Å². The number of hydrogen-bond acceptors (Lipinski definition) is 7. The van der Waals surface area contributed by atoms with Crippen LogP contribution >= 0.6 is 34.8 Å². The van der Waals surface area contributed by atoms with E-state index in [1.54, 1.807) is 19.1 Å². The van der Waals surface area contributed by atoms with Crippen LogP contribution in [0.1, 0.15) is 12.5 Å². The molecule has 0 spiro atoms. The SMILES string of the molecule is CCOc1cc(/C=C(/C#N)C(=O)Nc2cccc([N+](=O)[O-])c2)cc(Cl)c1OCC(=O)Nc1ccc(Cl)c(Cl)c1. The normalized spacial score (nSPS) is 10.8. The lowest BCUT2D eigenvalue weighted by molar-refractivity contribution is -0.384. The molecule has 0 heterocycles. The van der Waals surface area contributed by atoms with Crippen LogP contribution in [0.5, 0.6) is 11.5 Å². The summed E-state index contributed by atoms with van der Waals surface area (Å²) in [6.45, 7) is 1.54. The molecule has 13 heteroatoms. The van der Waals surface area contributed by atoms with Gasteiger partial charge in [0.2, 0.25) is 0 Å². The van der Waals surface area contributed by atoms with Gasteiger partial charge in [0, 0.05) is 23.5 Å². The molecule has 0 aliphatic carbocycles. The maximum absolute atomic E-state index is 12.6. The van der Waals surface area contributed by atoms with E-state index in [9.17, 15) is 25.0 Å². The van der Waals surface area contributed by atoms with Crippen molar-refractivity contribution in [1.29, 1.82) is 5.26 Å². The van der Waals surface area contributed by atoms with Gasteiger partial charge in [0.05, 0.1) is 26.6 Å². The van der Waals surface area contributed by atoms with E-state index in [1.807, 2.05) is 0 Å². The average molecular weight is 590 g/mol. The summed E-state index contributed by atoms with van der Waals surface area (Å²) >= 11 is 18.2. The molecule has 10 nitrogen and oxygen atoms in total. The summed E-state index contributed by atoms with van der Waals surface area (Å²) in [6.07, 6.45) is 1.27. The van der Waals surface area contributed by atoms with Crippen molar-refractivity contribution in [2.75, 3.05) is 23.8 Å². The maximum Gasteiger partial charge on any atom is 0.271 e. The minimum Gasteiger partial charge on any atom is -0.490 e. The molecule has 39 heavy (non-hydrogen) atoms. The number of ether oxygens (including phenoxy) is 2. The zero-order valence-electron chi connectivity index (χ0n) is 20.2. The smallest absolute Gasteiger partial charge is 0.271 e. The zero-order chi connectivity index (χ0) is 28.5. The summed E-state index contributed by atoms with van der Waals surface area (Å²) in [6, 6.07) is 14.6. The van der Waals surface area contributed by atoms with Crippen molar-refractivity contribution < 1.29 is 24.0 Å². The molecule has 0 aliphatic heterocycles. The van der Waals surface area contributed by atoms with Gasteiger partial charge < -0.3 is 20.1 Å². The van der Waals surface area contributed by atoms with Crippen LogP contribution in [0.15, 0.2) is 60.2 Å². The Morgan fingerprint density at radius 2 is 1.74 bits per heavy atom. The van der Waals surface area contributed by atoms with Crippen LogP contribution in [0.25, 0.3) is 6.08 Å². The minimum atomic E-state index is -0.786. The second-order valence-corrected chi connectivity index (χ2v) is 8.88. The van der Waals surface area contributed by atoms with Gasteiger partial charge in [-0.25, -0.2) is 0 Å². The molecular weight excluding hydrogens is 571 g/mol. The number of anilines is 2. The minimum absolute atomic E-state index is 0.0610. The van der Waals surface area contributed by atoms with Gasteiger partial charge in [-0.3, -0.25) is 19.7 Å². The summed E-state index contributed by atoms with van der Waals surface area (Å²) in [5.74, 6) is -1.03. The molecule has 0 fully saturated rings. The number of nitrogens with zero attached hydrogens (tertiary/aromatic N) is 2. The molecule has 200 valence electrons. The highest BCUT2D eigenvalue weighted by Crippen LogP contribution is 2.37. The van der Waals surface area contributed by atoms with Crippen molar-refractivity contribution in [1.82, 2.24) is 0 Å². The Morgan fingerprint density at radius 3 is 2.41 bits per heavy atom. The summed E-state index contributed by atoms with van der Waals surface area (Å²) < 4.78 is 11.2. The maximum atomic E-state index is 12.6. The third-order valence-corrected chi connectivity index (χ3v) is 5.89. The molecule has 3 aromatic carbocycles. The van der Waals surface area contributed by atoms with Crippen LogP contribution in [0.2, 0.25) is 15.1 Å². The number of halogens is 3. The second kappa shape index (κ2) is 13.5. The molecule has 0 bridgehead atoms. The molecule has 0 radical (unpaired) electrons. The van der Waals surface area contributed by atoms with E-state index in [4.69, 9.17) is 44.3 Å². The van der Waals surface area contributed by atoms with E-state index in [1.165, 1.54) is 54.6 Å². The number of carbonyl (C=O) groups excluding carboxylic acids is 2. The topological polar surface area (TPSA) is 144 Å². The third-order valence-electron chi connectivity index (χ3n) is 4.87. The molecule has 3 rings (SSSR count). The summed E-state index contributed by atoms with van der Waals surface area (Å²) in [5, 5.41) is 26.3. The molecular formula is C26H19Cl3N4O6. The first-order valence-corrected chi connectivity index (χ1v) is 12.3. The standard InChI is InChI=1S/C26H19Cl3N4O6/c1-2-38-23-10-15(8-16(13-30)26(35)32-17-4-3-5-19(11-17)33(36)37)9-22(29)25(23)39-14-24(34)31-18-6-7-20(27)21(28)12-18/h3-12H,2,14H2,1H3,(H,31,34)(H,32,35)/b16-8-. The van der Waals surface area contributed by atoms with Gasteiger partial charge in [0.1, 0.15) is 11.6 Å². The highest BCUT2D eigenvalue weighted by atomic mass is 35.5. The predicted octanol–water partition coefficient (Wildman–Crippen LogP) is 6.52. The van der Waals surface area contributed by atoms with Crippen LogP contribution in [0.4, 0.5) is 17.1 Å². The average Bonchev–Trinajstić information content (AvgIpc) is 2.89. The first kappa shape index (κ1) is 29.3. The van der Waals surface area contributed by atoms with Crippen molar-refractivity contribution in [3.8, 4) is 17.6 Å². The highest BCUT2D eigenvalue weighted by Gasteiger charge is 2.17. The molecule has 0 saturated heterocycles. The lowest BCUT2D eigenvalue weighted by Crippen LogP contribution is -2.20. The van der Waals surface area contributed by atoms with Crippen molar-refractivity contribution >= 4 is 69.8 Å². The fourth-order valence-electron chi connectivity index (χ4n) is 3.19. The van der Waals surface area contributed by atoms with Gasteiger partial charge in [0.15, 0.2) is 18.1 Å². The quantitative estimate of drug-likeness (QED) is 0.119. The largest absolute Gasteiger partial charge is 0.490 e. The number of nitrogens with one attached hydrogen (secondary N) is 2. The zero-order valence-corrected chi connectivity index (χ0v) is 22.4. The van der Waals surface area contributed by atoms with E-state index < -0.39 is 23.3 Å². The van der Waals surface area contributed by atoms with Crippen LogP contribution in [-0.4, -0.2) is 30.0 Å². The van der Waals surface area contributed by atoms with E-state index in [0.29, 0.717) is 16.3 Å². The van der Waals surface area contributed by atoms with E-state index in [0.717, 1.165) is 0 Å². The van der Waals surface area contributed by atoms with Gasteiger partial charge in [0.25, 0.3) is 17.5 Å². The van der Waals surface area contributed by atoms with Crippen molar-refractivity contribution in [2.24, 2.45) is 0 Å². The Balaban J connectivity index is 1.77. The van der Waals surface area contributed by atoms with Gasteiger partial charge in [-0.05, 0) is 55.0 Å². The van der Waals surface area contributed by atoms with Gasteiger partial charge in [-0.15, -0.1) is 0 Å². The third kappa shape index (κ3) is 8.09. The molecule has 0 atom stereocenters. The Bertz CT molecular complexity index is 1500. The first-order chi connectivity index (χ1) is 18.6. The van der Waals surface area contributed by atoms with Crippen molar-refractivity contribution in [2.45, 2.75) is 6.92 Å². The second-order valence-electron chi connectivity index (χ2n) is 7.66. The van der Waals surface area contributed by atoms with Crippen LogP contribution in [-0.2, 0) is 9.59 Å². The summed E-state index contributed by atoms with van der Waals surface area (Å²) in [4.78, 5) is 35.4.